The Balaban J connectivity index is 0. The number of benzene rings is 2. The predicted molar refractivity (Wildman–Crippen MR) is 190 cm³/mol. The normalized spacial score (nSPS) is 10.3. The van der Waals surface area contributed by atoms with Gasteiger partial charge in [-0.25, -0.2) is 0 Å². The maximum absolute atomic E-state index is 9.37. The zero-order valence-corrected chi connectivity index (χ0v) is 29.7. The molecular weight excluding hydrogens is 579 g/mol. The first kappa shape index (κ1) is 43.4. The number of hydrogen-bond donors (Lipinski definition) is 0. The van der Waals surface area contributed by atoms with E-state index in [1.807, 2.05) is 0 Å². The summed E-state index contributed by atoms with van der Waals surface area (Å²) < 4.78 is 0. The van der Waals surface area contributed by atoms with Crippen LogP contribution in [0.1, 0.15) is 147 Å². The third-order valence-electron chi connectivity index (χ3n) is 7.23. The van der Waals surface area contributed by atoms with Crippen LogP contribution in [0.15, 0.2) is 71.8 Å². The fourth-order valence-corrected chi connectivity index (χ4v) is 4.65. The number of unbranched alkanes of at least 4 members (excludes halogenated alkanes) is 7. The molecule has 0 aliphatic heterocycles. The van der Waals surface area contributed by atoms with Crippen molar-refractivity contribution in [1.29, 1.82) is 0 Å². The van der Waals surface area contributed by atoms with E-state index >= 15 is 0 Å². The molecule has 2 rings (SSSR count). The molecule has 0 fully saturated rings. The van der Waals surface area contributed by atoms with E-state index in [1.54, 1.807) is 12.2 Å². The van der Waals surface area contributed by atoms with Crippen LogP contribution in [0, 0.1) is 20.1 Å². The Morgan fingerprint density at radius 3 is 1.73 bits per heavy atom. The van der Waals surface area contributed by atoms with Gasteiger partial charge < -0.3 is 18.7 Å². The molecule has 0 amide bonds. The van der Waals surface area contributed by atoms with Crippen molar-refractivity contribution in [1.82, 2.24) is 0 Å². The van der Waals surface area contributed by atoms with Gasteiger partial charge in [-0.2, -0.15) is 0 Å². The molecule has 0 saturated heterocycles. The maximum atomic E-state index is 9.37. The number of rotatable bonds is 18. The van der Waals surface area contributed by atoms with E-state index < -0.39 is 0 Å². The smallest absolute Gasteiger partial charge is 0.518 e. The Morgan fingerprint density at radius 2 is 1.27 bits per heavy atom. The van der Waals surface area contributed by atoms with Crippen LogP contribution in [0.25, 0.3) is 11.1 Å². The minimum atomic E-state index is 0. The first-order valence-electron chi connectivity index (χ1n) is 16.9. The number of allylic oxidation sites excluding steroid dienone is 4. The number of aryl methyl sites for hydroxylation is 2. The number of nitrogens with zero attached hydrogens (tertiary/aromatic N) is 2. The molecule has 0 atom stereocenters. The zero-order chi connectivity index (χ0) is 32.1. The van der Waals surface area contributed by atoms with Crippen molar-refractivity contribution in [3.63, 3.8) is 0 Å². The molecule has 2 aromatic carbocycles. The Labute approximate surface area is 282 Å². The molecule has 244 valence electrons. The SMILES string of the molecule is CCCCC(=C=[N+]=[N-])C(CCCC)=C(c1ccc(CCCC)cc1)c1cccc(C)c1.[CH-]=CCCCC.[CH-]=CCCCC.[Ni+2]. The second-order valence-electron chi connectivity index (χ2n) is 11.2. The molecule has 0 saturated carbocycles. The van der Waals surface area contributed by atoms with Crippen molar-refractivity contribution in [2.75, 3.05) is 0 Å². The van der Waals surface area contributed by atoms with Gasteiger partial charge in [-0.05, 0) is 73.3 Å². The standard InChI is InChI=1S/C29H38N2.2C6H11.Ni/c1-5-8-13-24-17-19-25(20-18-24)29(26-15-11-12-23(4)21-26)28(16-10-7-3)27(22-31-30)14-9-6-2;2*1-3-5-6-4-2;/h11-12,15,17-21H,5-10,13-14,16H2,1-4H3;2*1,3H,4-6H2,2H3;/q;2*-1;+2. The second kappa shape index (κ2) is 30.3. The van der Waals surface area contributed by atoms with E-state index in [0.717, 1.165) is 63.4 Å². The van der Waals surface area contributed by atoms with E-state index in [2.05, 4.69) is 101 Å². The van der Waals surface area contributed by atoms with Crippen molar-refractivity contribution < 1.29 is 21.3 Å². The number of hydrogen-bond acceptors (Lipinski definition) is 0. The summed E-state index contributed by atoms with van der Waals surface area (Å²) in [5.41, 5.74) is 18.0. The van der Waals surface area contributed by atoms with Gasteiger partial charge in [0.25, 0.3) is 0 Å². The quantitative estimate of drug-likeness (QED) is 0.0296. The van der Waals surface area contributed by atoms with E-state index in [-0.39, 0.29) is 16.5 Å². The molecule has 44 heavy (non-hydrogen) atoms. The molecule has 2 nitrogen and oxygen atoms in total. The van der Waals surface area contributed by atoms with Gasteiger partial charge in [-0.15, -0.1) is 4.79 Å². The molecule has 0 unspecified atom stereocenters. The molecular formula is C41H60N2Ni. The molecule has 0 radical (unpaired) electrons. The summed E-state index contributed by atoms with van der Waals surface area (Å²) in [7, 11) is 0. The molecule has 0 heterocycles. The third kappa shape index (κ3) is 19.6. The van der Waals surface area contributed by atoms with Crippen molar-refractivity contribution >= 4 is 11.4 Å². The molecule has 0 bridgehead atoms. The molecule has 0 spiro atoms. The van der Waals surface area contributed by atoms with Crippen LogP contribution in [-0.4, -0.2) is 10.7 Å². The fraction of sp³-hybridized carbons (Fsp3) is 0.512. The van der Waals surface area contributed by atoms with Crippen LogP contribution in [0.3, 0.4) is 0 Å². The molecule has 2 aromatic rings. The summed E-state index contributed by atoms with van der Waals surface area (Å²) in [4.78, 5) is 3.33. The van der Waals surface area contributed by atoms with Crippen LogP contribution in [0.5, 0.6) is 0 Å². The van der Waals surface area contributed by atoms with Crippen molar-refractivity contribution in [2.24, 2.45) is 0 Å². The Hall–Kier alpha value is -2.69. The molecule has 3 heteroatoms. The largest absolute Gasteiger partial charge is 2.00 e. The van der Waals surface area contributed by atoms with Crippen LogP contribution in [-0.2, 0) is 22.9 Å². The van der Waals surface area contributed by atoms with Crippen LogP contribution >= 0.6 is 0 Å². The average Bonchev–Trinajstić information content (AvgIpc) is 3.03. The Bertz CT molecular complexity index is 1120. The minimum Gasteiger partial charge on any atom is -0.518 e. The predicted octanol–water partition coefficient (Wildman–Crippen LogP) is 12.7. The summed E-state index contributed by atoms with van der Waals surface area (Å²) in [6, 6.07) is 17.8. The first-order valence-corrected chi connectivity index (χ1v) is 16.9. The average molecular weight is 640 g/mol. The van der Waals surface area contributed by atoms with Gasteiger partial charge >= 0.3 is 22.4 Å². The zero-order valence-electron chi connectivity index (χ0n) is 28.7. The second-order valence-corrected chi connectivity index (χ2v) is 11.2. The van der Waals surface area contributed by atoms with Gasteiger partial charge in [0.1, 0.15) is 0 Å². The summed E-state index contributed by atoms with van der Waals surface area (Å²) in [5, 5.41) is 0. The van der Waals surface area contributed by atoms with Gasteiger partial charge in [-0.1, -0.05) is 147 Å². The molecule has 0 N–H and O–H groups in total. The van der Waals surface area contributed by atoms with Crippen molar-refractivity contribution in [3.8, 4) is 0 Å². The van der Waals surface area contributed by atoms with E-state index in [1.165, 1.54) is 71.9 Å². The molecule has 0 aromatic heterocycles. The van der Waals surface area contributed by atoms with Gasteiger partial charge in [0.2, 0.25) is 0 Å². The third-order valence-corrected chi connectivity index (χ3v) is 7.23. The van der Waals surface area contributed by atoms with E-state index in [9.17, 15) is 5.53 Å². The molecule has 0 aliphatic rings. The van der Waals surface area contributed by atoms with Crippen LogP contribution in [0.2, 0.25) is 0 Å². The summed E-state index contributed by atoms with van der Waals surface area (Å²) in [5.74, 6) is 2.94. The van der Waals surface area contributed by atoms with E-state index in [0.29, 0.717) is 0 Å². The van der Waals surface area contributed by atoms with Gasteiger partial charge in [-0.3, -0.25) is 12.2 Å². The topological polar surface area (TPSA) is 36.4 Å². The monoisotopic (exact) mass is 638 g/mol. The van der Waals surface area contributed by atoms with Crippen molar-refractivity contribution in [2.45, 2.75) is 138 Å². The Kier molecular flexibility index (Phi) is 30.0. The Morgan fingerprint density at radius 1 is 0.727 bits per heavy atom. The van der Waals surface area contributed by atoms with E-state index in [4.69, 9.17) is 13.2 Å². The van der Waals surface area contributed by atoms with Crippen molar-refractivity contribution in [3.05, 3.63) is 113 Å². The van der Waals surface area contributed by atoms with Gasteiger partial charge in [0, 0.05) is 0 Å². The fourth-order valence-electron chi connectivity index (χ4n) is 4.65. The first-order chi connectivity index (χ1) is 21.0. The maximum Gasteiger partial charge on any atom is 2.00 e. The van der Waals surface area contributed by atoms with Gasteiger partial charge in [0.05, 0.1) is 5.57 Å². The summed E-state index contributed by atoms with van der Waals surface area (Å²) >= 11 is 0. The van der Waals surface area contributed by atoms with Crippen LogP contribution < -0.4 is 0 Å². The molecule has 0 aliphatic carbocycles. The summed E-state index contributed by atoms with van der Waals surface area (Å²) in [6.45, 7) is 23.3. The summed E-state index contributed by atoms with van der Waals surface area (Å²) in [6.07, 6.45) is 20.3. The van der Waals surface area contributed by atoms with Gasteiger partial charge in [0.15, 0.2) is 0 Å². The minimum absolute atomic E-state index is 0. The van der Waals surface area contributed by atoms with Crippen LogP contribution in [0.4, 0.5) is 0 Å².